The summed E-state index contributed by atoms with van der Waals surface area (Å²) >= 11 is 0. The Morgan fingerprint density at radius 1 is 1.18 bits per heavy atom. The summed E-state index contributed by atoms with van der Waals surface area (Å²) in [6, 6.07) is 2.79. The SMILES string of the molecule is CCCS(=O)(=O)N1CCN(C(=O)c2ccc(F)cc2F)CC1. The van der Waals surface area contributed by atoms with Crippen LogP contribution >= 0.6 is 0 Å². The summed E-state index contributed by atoms with van der Waals surface area (Å²) in [7, 11) is -3.29. The standard InChI is InChI=1S/C14H18F2N2O3S/c1-2-9-22(20,21)18-7-5-17(6-8-18)14(19)12-4-3-11(15)10-13(12)16/h3-4,10H,2,5-9H2,1H3. The summed E-state index contributed by atoms with van der Waals surface area (Å²) in [5, 5.41) is 0. The molecule has 22 heavy (non-hydrogen) atoms. The van der Waals surface area contributed by atoms with Gasteiger partial charge in [0.2, 0.25) is 10.0 Å². The third-order valence-corrected chi connectivity index (χ3v) is 5.62. The number of amides is 1. The van der Waals surface area contributed by atoms with Gasteiger partial charge < -0.3 is 4.90 Å². The average Bonchev–Trinajstić information content (AvgIpc) is 2.47. The van der Waals surface area contributed by atoms with Gasteiger partial charge in [-0.05, 0) is 18.6 Å². The van der Waals surface area contributed by atoms with Crippen LogP contribution < -0.4 is 0 Å². The summed E-state index contributed by atoms with van der Waals surface area (Å²) in [6.07, 6.45) is 0.530. The molecular weight excluding hydrogens is 314 g/mol. The Balaban J connectivity index is 2.04. The van der Waals surface area contributed by atoms with Gasteiger partial charge in [-0.3, -0.25) is 4.79 Å². The van der Waals surface area contributed by atoms with Gasteiger partial charge in [0.25, 0.3) is 5.91 Å². The quantitative estimate of drug-likeness (QED) is 0.839. The molecule has 1 aromatic rings. The second-order valence-electron chi connectivity index (χ2n) is 5.13. The van der Waals surface area contributed by atoms with Crippen LogP contribution in [0.2, 0.25) is 0 Å². The largest absolute Gasteiger partial charge is 0.336 e. The molecule has 1 aromatic carbocycles. The van der Waals surface area contributed by atoms with Crippen molar-refractivity contribution >= 4 is 15.9 Å². The second-order valence-corrected chi connectivity index (χ2v) is 7.22. The lowest BCUT2D eigenvalue weighted by molar-refractivity contribution is 0.0693. The molecular formula is C14H18F2N2O3S. The minimum Gasteiger partial charge on any atom is -0.336 e. The molecule has 1 saturated heterocycles. The molecule has 8 heteroatoms. The molecule has 0 aromatic heterocycles. The maximum atomic E-state index is 13.6. The Morgan fingerprint density at radius 3 is 2.36 bits per heavy atom. The molecule has 1 amide bonds. The van der Waals surface area contributed by atoms with Crippen LogP contribution in [-0.2, 0) is 10.0 Å². The number of nitrogens with zero attached hydrogens (tertiary/aromatic N) is 2. The van der Waals surface area contributed by atoms with Crippen molar-refractivity contribution in [2.75, 3.05) is 31.9 Å². The number of benzene rings is 1. The zero-order valence-electron chi connectivity index (χ0n) is 12.3. The molecule has 1 aliphatic rings. The topological polar surface area (TPSA) is 57.7 Å². The minimum atomic E-state index is -3.29. The summed E-state index contributed by atoms with van der Waals surface area (Å²) in [5.74, 6) is -2.13. The number of carbonyl (C=O) groups excluding carboxylic acids is 1. The number of hydrogen-bond donors (Lipinski definition) is 0. The molecule has 1 aliphatic heterocycles. The highest BCUT2D eigenvalue weighted by atomic mass is 32.2. The summed E-state index contributed by atoms with van der Waals surface area (Å²) in [6.45, 7) is 2.56. The van der Waals surface area contributed by atoms with E-state index in [9.17, 15) is 22.0 Å². The Bertz CT molecular complexity index is 656. The van der Waals surface area contributed by atoms with Gasteiger partial charge in [0.15, 0.2) is 0 Å². The van der Waals surface area contributed by atoms with Crippen molar-refractivity contribution in [1.29, 1.82) is 0 Å². The fraction of sp³-hybridized carbons (Fsp3) is 0.500. The van der Waals surface area contributed by atoms with Crippen molar-refractivity contribution in [3.63, 3.8) is 0 Å². The third-order valence-electron chi connectivity index (χ3n) is 3.54. The molecule has 0 radical (unpaired) electrons. The minimum absolute atomic E-state index is 0.0769. The number of piperazine rings is 1. The first-order valence-corrected chi connectivity index (χ1v) is 8.68. The molecule has 122 valence electrons. The zero-order chi connectivity index (χ0) is 16.3. The molecule has 0 unspecified atom stereocenters. The van der Waals surface area contributed by atoms with Crippen molar-refractivity contribution in [2.45, 2.75) is 13.3 Å². The van der Waals surface area contributed by atoms with Gasteiger partial charge >= 0.3 is 0 Å². The van der Waals surface area contributed by atoms with Crippen LogP contribution in [0, 0.1) is 11.6 Å². The van der Waals surface area contributed by atoms with E-state index in [4.69, 9.17) is 0 Å². The lowest BCUT2D eigenvalue weighted by Crippen LogP contribution is -2.51. The molecule has 0 bridgehead atoms. The second kappa shape index (κ2) is 6.70. The molecule has 0 atom stereocenters. The first kappa shape index (κ1) is 16.8. The Morgan fingerprint density at radius 2 is 1.82 bits per heavy atom. The lowest BCUT2D eigenvalue weighted by atomic mass is 10.1. The molecule has 2 rings (SSSR count). The van der Waals surface area contributed by atoms with Crippen LogP contribution in [0.1, 0.15) is 23.7 Å². The van der Waals surface area contributed by atoms with E-state index in [2.05, 4.69) is 0 Å². The highest BCUT2D eigenvalue weighted by molar-refractivity contribution is 7.89. The van der Waals surface area contributed by atoms with Crippen molar-refractivity contribution < 1.29 is 22.0 Å². The van der Waals surface area contributed by atoms with Crippen molar-refractivity contribution in [3.05, 3.63) is 35.4 Å². The van der Waals surface area contributed by atoms with Gasteiger partial charge in [-0.1, -0.05) is 6.92 Å². The zero-order valence-corrected chi connectivity index (χ0v) is 13.1. The van der Waals surface area contributed by atoms with E-state index >= 15 is 0 Å². The van der Waals surface area contributed by atoms with Crippen LogP contribution in [0.15, 0.2) is 18.2 Å². The van der Waals surface area contributed by atoms with Crippen LogP contribution in [0.25, 0.3) is 0 Å². The highest BCUT2D eigenvalue weighted by Gasteiger charge is 2.29. The number of rotatable bonds is 4. The molecule has 0 aliphatic carbocycles. The van der Waals surface area contributed by atoms with E-state index < -0.39 is 27.6 Å². The maximum Gasteiger partial charge on any atom is 0.256 e. The van der Waals surface area contributed by atoms with Gasteiger partial charge in [0.05, 0.1) is 11.3 Å². The van der Waals surface area contributed by atoms with E-state index in [0.717, 1.165) is 12.1 Å². The molecule has 0 saturated carbocycles. The Hall–Kier alpha value is -1.54. The molecule has 1 fully saturated rings. The fourth-order valence-electron chi connectivity index (χ4n) is 2.39. The Labute approximate surface area is 128 Å². The van der Waals surface area contributed by atoms with E-state index in [1.54, 1.807) is 6.92 Å². The smallest absolute Gasteiger partial charge is 0.256 e. The molecule has 0 spiro atoms. The van der Waals surface area contributed by atoms with Crippen molar-refractivity contribution in [1.82, 2.24) is 9.21 Å². The predicted molar refractivity (Wildman–Crippen MR) is 77.9 cm³/mol. The molecule has 1 heterocycles. The maximum absolute atomic E-state index is 13.6. The first-order valence-electron chi connectivity index (χ1n) is 7.07. The van der Waals surface area contributed by atoms with E-state index in [-0.39, 0.29) is 37.5 Å². The first-order chi connectivity index (χ1) is 10.3. The number of halogens is 2. The predicted octanol–water partition coefficient (Wildman–Crippen LogP) is 1.46. The normalized spacial score (nSPS) is 16.8. The molecule has 0 N–H and O–H groups in total. The lowest BCUT2D eigenvalue weighted by Gasteiger charge is -2.34. The van der Waals surface area contributed by atoms with Gasteiger partial charge in [0, 0.05) is 32.2 Å². The van der Waals surface area contributed by atoms with Crippen molar-refractivity contribution in [3.8, 4) is 0 Å². The van der Waals surface area contributed by atoms with Crippen LogP contribution in [0.5, 0.6) is 0 Å². The Kier molecular flexibility index (Phi) is 5.12. The van der Waals surface area contributed by atoms with Crippen molar-refractivity contribution in [2.24, 2.45) is 0 Å². The van der Waals surface area contributed by atoms with Gasteiger partial charge in [-0.15, -0.1) is 0 Å². The monoisotopic (exact) mass is 332 g/mol. The van der Waals surface area contributed by atoms with E-state index in [1.165, 1.54) is 9.21 Å². The van der Waals surface area contributed by atoms with Gasteiger partial charge in [-0.25, -0.2) is 17.2 Å². The third kappa shape index (κ3) is 3.61. The molecule has 5 nitrogen and oxygen atoms in total. The average molecular weight is 332 g/mol. The van der Waals surface area contributed by atoms with Gasteiger partial charge in [0.1, 0.15) is 11.6 Å². The van der Waals surface area contributed by atoms with E-state index in [1.807, 2.05) is 0 Å². The summed E-state index contributed by atoms with van der Waals surface area (Å²) in [4.78, 5) is 13.6. The van der Waals surface area contributed by atoms with Crippen LogP contribution in [0.4, 0.5) is 8.78 Å². The fourth-order valence-corrected chi connectivity index (χ4v) is 3.88. The number of sulfonamides is 1. The van der Waals surface area contributed by atoms with Crippen LogP contribution in [-0.4, -0.2) is 55.5 Å². The number of hydrogen-bond acceptors (Lipinski definition) is 3. The van der Waals surface area contributed by atoms with E-state index in [0.29, 0.717) is 12.5 Å². The summed E-state index contributed by atoms with van der Waals surface area (Å²) < 4.78 is 51.7. The number of carbonyl (C=O) groups is 1. The summed E-state index contributed by atoms with van der Waals surface area (Å²) in [5.41, 5.74) is -0.203. The van der Waals surface area contributed by atoms with Gasteiger partial charge in [-0.2, -0.15) is 4.31 Å². The highest BCUT2D eigenvalue weighted by Crippen LogP contribution is 2.15. The van der Waals surface area contributed by atoms with Crippen LogP contribution in [0.3, 0.4) is 0 Å².